The van der Waals surface area contributed by atoms with Gasteiger partial charge >= 0.3 is 0 Å². The zero-order valence-corrected chi connectivity index (χ0v) is 12.4. The minimum absolute atomic E-state index is 0.0295. The van der Waals surface area contributed by atoms with E-state index < -0.39 is 0 Å². The van der Waals surface area contributed by atoms with E-state index in [0.717, 1.165) is 11.3 Å². The van der Waals surface area contributed by atoms with Gasteiger partial charge in [0.25, 0.3) is 0 Å². The maximum Gasteiger partial charge on any atom is 0.228 e. The van der Waals surface area contributed by atoms with E-state index in [2.05, 4.69) is 38.2 Å². The van der Waals surface area contributed by atoms with Crippen LogP contribution >= 0.6 is 11.3 Å². The first-order valence-electron chi connectivity index (χ1n) is 6.36. The first kappa shape index (κ1) is 13.8. The van der Waals surface area contributed by atoms with Gasteiger partial charge in [0.05, 0.1) is 6.42 Å². The van der Waals surface area contributed by atoms with E-state index in [-0.39, 0.29) is 11.3 Å². The molecular weight excluding hydrogens is 254 g/mol. The van der Waals surface area contributed by atoms with Crippen molar-refractivity contribution in [2.24, 2.45) is 0 Å². The molecule has 1 amide bonds. The average molecular weight is 273 g/mol. The van der Waals surface area contributed by atoms with Gasteiger partial charge in [-0.2, -0.15) is 11.3 Å². The second-order valence-corrected chi connectivity index (χ2v) is 6.46. The van der Waals surface area contributed by atoms with Crippen LogP contribution in [0.1, 0.15) is 31.9 Å². The Bertz CT molecular complexity index is 535. The standard InChI is InChI=1S/C16H19NOS/c1-16(2,3)13-4-6-14(7-5-13)17-15(18)10-12-8-9-19-11-12/h4-9,11H,10H2,1-3H3,(H,17,18). The highest BCUT2D eigenvalue weighted by atomic mass is 32.1. The predicted molar refractivity (Wildman–Crippen MR) is 81.8 cm³/mol. The molecule has 0 unspecified atom stereocenters. The molecule has 2 aromatic rings. The monoisotopic (exact) mass is 273 g/mol. The molecule has 2 nitrogen and oxygen atoms in total. The quantitative estimate of drug-likeness (QED) is 0.891. The molecule has 19 heavy (non-hydrogen) atoms. The normalized spacial score (nSPS) is 11.3. The number of carbonyl (C=O) groups is 1. The highest BCUT2D eigenvalue weighted by molar-refractivity contribution is 7.08. The maximum absolute atomic E-state index is 11.9. The van der Waals surface area contributed by atoms with Crippen LogP contribution in [0.2, 0.25) is 0 Å². The average Bonchev–Trinajstić information content (AvgIpc) is 2.81. The molecule has 0 spiro atoms. The minimum Gasteiger partial charge on any atom is -0.326 e. The van der Waals surface area contributed by atoms with Gasteiger partial charge in [0.1, 0.15) is 0 Å². The molecule has 0 aliphatic carbocycles. The maximum atomic E-state index is 11.9. The zero-order chi connectivity index (χ0) is 13.9. The number of rotatable bonds is 3. The summed E-state index contributed by atoms with van der Waals surface area (Å²) in [5.41, 5.74) is 3.32. The van der Waals surface area contributed by atoms with Crippen LogP contribution in [0, 0.1) is 0 Å². The summed E-state index contributed by atoms with van der Waals surface area (Å²) in [4.78, 5) is 11.9. The molecule has 0 saturated carbocycles. The number of amides is 1. The summed E-state index contributed by atoms with van der Waals surface area (Å²) in [6.07, 6.45) is 0.435. The van der Waals surface area contributed by atoms with Crippen molar-refractivity contribution in [3.8, 4) is 0 Å². The number of nitrogens with one attached hydrogen (secondary N) is 1. The Morgan fingerprint density at radius 3 is 2.37 bits per heavy atom. The summed E-state index contributed by atoms with van der Waals surface area (Å²) >= 11 is 1.61. The summed E-state index contributed by atoms with van der Waals surface area (Å²) in [6, 6.07) is 10.0. The lowest BCUT2D eigenvalue weighted by molar-refractivity contribution is -0.115. The van der Waals surface area contributed by atoms with Crippen LogP contribution in [0.5, 0.6) is 0 Å². The topological polar surface area (TPSA) is 29.1 Å². The fraction of sp³-hybridized carbons (Fsp3) is 0.312. The number of hydrogen-bond acceptors (Lipinski definition) is 2. The molecule has 3 heteroatoms. The minimum atomic E-state index is 0.0295. The van der Waals surface area contributed by atoms with E-state index in [1.54, 1.807) is 11.3 Å². The molecule has 0 aliphatic heterocycles. The summed E-state index contributed by atoms with van der Waals surface area (Å²) in [5.74, 6) is 0.0295. The molecular formula is C16H19NOS. The van der Waals surface area contributed by atoms with Crippen LogP contribution in [-0.4, -0.2) is 5.91 Å². The molecule has 0 saturated heterocycles. The van der Waals surface area contributed by atoms with Crippen molar-refractivity contribution in [3.05, 3.63) is 52.2 Å². The molecule has 0 radical (unpaired) electrons. The van der Waals surface area contributed by atoms with Gasteiger partial charge < -0.3 is 5.32 Å². The molecule has 1 heterocycles. The Morgan fingerprint density at radius 1 is 1.16 bits per heavy atom. The van der Waals surface area contributed by atoms with E-state index >= 15 is 0 Å². The molecule has 1 aromatic heterocycles. The third-order valence-corrected chi connectivity index (χ3v) is 3.71. The molecule has 1 N–H and O–H groups in total. The van der Waals surface area contributed by atoms with Gasteiger partial charge in [0, 0.05) is 5.69 Å². The first-order valence-corrected chi connectivity index (χ1v) is 7.31. The Kier molecular flexibility index (Phi) is 4.05. The van der Waals surface area contributed by atoms with Gasteiger partial charge in [-0.3, -0.25) is 4.79 Å². The van der Waals surface area contributed by atoms with Crippen LogP contribution in [0.15, 0.2) is 41.1 Å². The Morgan fingerprint density at radius 2 is 1.84 bits per heavy atom. The van der Waals surface area contributed by atoms with Gasteiger partial charge in [-0.15, -0.1) is 0 Å². The van der Waals surface area contributed by atoms with Crippen molar-refractivity contribution in [3.63, 3.8) is 0 Å². The third-order valence-electron chi connectivity index (χ3n) is 2.98. The van der Waals surface area contributed by atoms with Gasteiger partial charge in [0.15, 0.2) is 0 Å². The molecule has 0 aliphatic rings. The lowest BCUT2D eigenvalue weighted by Crippen LogP contribution is -2.15. The molecule has 0 bridgehead atoms. The molecule has 100 valence electrons. The fourth-order valence-corrected chi connectivity index (χ4v) is 2.51. The molecule has 1 aromatic carbocycles. The van der Waals surface area contributed by atoms with Crippen molar-refractivity contribution in [1.82, 2.24) is 0 Å². The third kappa shape index (κ3) is 3.93. The predicted octanol–water partition coefficient (Wildman–Crippen LogP) is 4.23. The SMILES string of the molecule is CC(C)(C)c1ccc(NC(=O)Cc2ccsc2)cc1. The lowest BCUT2D eigenvalue weighted by atomic mass is 9.87. The summed E-state index contributed by atoms with van der Waals surface area (Å²) < 4.78 is 0. The highest BCUT2D eigenvalue weighted by Crippen LogP contribution is 2.23. The zero-order valence-electron chi connectivity index (χ0n) is 11.6. The number of thiophene rings is 1. The van der Waals surface area contributed by atoms with Crippen LogP contribution in [0.4, 0.5) is 5.69 Å². The van der Waals surface area contributed by atoms with E-state index in [9.17, 15) is 4.79 Å². The van der Waals surface area contributed by atoms with E-state index in [0.29, 0.717) is 6.42 Å². The van der Waals surface area contributed by atoms with Gasteiger partial charge in [0.2, 0.25) is 5.91 Å². The molecule has 2 rings (SSSR count). The van der Waals surface area contributed by atoms with E-state index in [1.807, 2.05) is 29.0 Å². The summed E-state index contributed by atoms with van der Waals surface area (Å²) in [6.45, 7) is 6.53. The van der Waals surface area contributed by atoms with Crippen molar-refractivity contribution in [1.29, 1.82) is 0 Å². The van der Waals surface area contributed by atoms with Crippen LogP contribution in [-0.2, 0) is 16.6 Å². The number of hydrogen-bond donors (Lipinski definition) is 1. The van der Waals surface area contributed by atoms with Crippen molar-refractivity contribution < 1.29 is 4.79 Å². The number of carbonyl (C=O) groups excluding carboxylic acids is 1. The Hall–Kier alpha value is -1.61. The molecule has 0 atom stereocenters. The van der Waals surface area contributed by atoms with Crippen molar-refractivity contribution in [2.75, 3.05) is 5.32 Å². The van der Waals surface area contributed by atoms with Crippen LogP contribution in [0.25, 0.3) is 0 Å². The smallest absolute Gasteiger partial charge is 0.228 e. The number of benzene rings is 1. The van der Waals surface area contributed by atoms with E-state index in [1.165, 1.54) is 5.56 Å². The number of anilines is 1. The summed E-state index contributed by atoms with van der Waals surface area (Å²) in [5, 5.41) is 6.91. The van der Waals surface area contributed by atoms with Gasteiger partial charge in [-0.1, -0.05) is 32.9 Å². The lowest BCUT2D eigenvalue weighted by Gasteiger charge is -2.19. The van der Waals surface area contributed by atoms with E-state index in [4.69, 9.17) is 0 Å². The van der Waals surface area contributed by atoms with Crippen LogP contribution < -0.4 is 5.32 Å². The second kappa shape index (κ2) is 5.57. The largest absolute Gasteiger partial charge is 0.326 e. The Labute approximate surface area is 118 Å². The second-order valence-electron chi connectivity index (χ2n) is 5.68. The molecule has 0 fully saturated rings. The van der Waals surface area contributed by atoms with Crippen molar-refractivity contribution >= 4 is 22.9 Å². The first-order chi connectivity index (χ1) is 8.95. The van der Waals surface area contributed by atoms with Crippen LogP contribution in [0.3, 0.4) is 0 Å². The summed E-state index contributed by atoms with van der Waals surface area (Å²) in [7, 11) is 0. The Balaban J connectivity index is 1.98. The van der Waals surface area contributed by atoms with Gasteiger partial charge in [-0.25, -0.2) is 0 Å². The van der Waals surface area contributed by atoms with Gasteiger partial charge in [-0.05, 0) is 45.5 Å². The van der Waals surface area contributed by atoms with Crippen molar-refractivity contribution in [2.45, 2.75) is 32.6 Å². The highest BCUT2D eigenvalue weighted by Gasteiger charge is 2.13. The fourth-order valence-electron chi connectivity index (χ4n) is 1.84.